The van der Waals surface area contributed by atoms with Crippen molar-refractivity contribution >= 4 is 21.4 Å². The largest absolute Gasteiger partial charge is 0.495 e. The normalized spacial score (nSPS) is 18.1. The third kappa shape index (κ3) is 3.44. The molecule has 0 N–H and O–H groups in total. The van der Waals surface area contributed by atoms with E-state index in [4.69, 9.17) is 9.72 Å². The predicted octanol–water partition coefficient (Wildman–Crippen LogP) is 3.04. The number of ether oxygens (including phenoxy) is 1. The Morgan fingerprint density at radius 3 is 2.50 bits per heavy atom. The maximum Gasteiger partial charge on any atom is 0.246 e. The van der Waals surface area contributed by atoms with Crippen LogP contribution in [0.25, 0.3) is 5.65 Å². The van der Waals surface area contributed by atoms with Gasteiger partial charge in [-0.05, 0) is 49.6 Å². The molecule has 2 aliphatic rings. The van der Waals surface area contributed by atoms with Crippen LogP contribution in [0, 0.1) is 6.92 Å². The minimum absolute atomic E-state index is 0.242. The molecule has 3 aromatic rings. The van der Waals surface area contributed by atoms with E-state index in [1.54, 1.807) is 16.4 Å². The lowest BCUT2D eigenvalue weighted by Gasteiger charge is -2.35. The van der Waals surface area contributed by atoms with Gasteiger partial charge in [-0.3, -0.25) is 0 Å². The predicted molar refractivity (Wildman–Crippen MR) is 116 cm³/mol. The summed E-state index contributed by atoms with van der Waals surface area (Å²) in [4.78, 5) is 7.18. The molecule has 1 saturated carbocycles. The second kappa shape index (κ2) is 7.28. The summed E-state index contributed by atoms with van der Waals surface area (Å²) in [7, 11) is -2.10. The Hall–Kier alpha value is -2.58. The summed E-state index contributed by atoms with van der Waals surface area (Å²) in [5.74, 6) is 1.01. The molecule has 1 aliphatic heterocycles. The van der Waals surface area contributed by atoms with Crippen LogP contribution in [0.1, 0.15) is 30.0 Å². The first-order chi connectivity index (χ1) is 14.5. The maximum atomic E-state index is 13.2. The van der Waals surface area contributed by atoms with Gasteiger partial charge >= 0.3 is 0 Å². The fraction of sp³-hybridized carbons (Fsp3) is 0.409. The Balaban J connectivity index is 1.33. The second-order valence-electron chi connectivity index (χ2n) is 8.14. The highest BCUT2D eigenvalue weighted by Crippen LogP contribution is 2.39. The Kier molecular flexibility index (Phi) is 4.71. The molecule has 2 aromatic heterocycles. The van der Waals surface area contributed by atoms with E-state index in [2.05, 4.69) is 27.8 Å². The molecule has 1 aromatic carbocycles. The van der Waals surface area contributed by atoms with Crippen LogP contribution in [-0.4, -0.2) is 55.4 Å². The molecule has 30 heavy (non-hydrogen) atoms. The van der Waals surface area contributed by atoms with Crippen LogP contribution in [-0.2, 0) is 10.0 Å². The molecule has 2 fully saturated rings. The first kappa shape index (κ1) is 19.4. The molecule has 1 aliphatic carbocycles. The number of rotatable bonds is 5. The number of hydrogen-bond acceptors (Lipinski definition) is 5. The van der Waals surface area contributed by atoms with Crippen molar-refractivity contribution < 1.29 is 13.2 Å². The van der Waals surface area contributed by atoms with E-state index in [0.717, 1.165) is 16.9 Å². The van der Waals surface area contributed by atoms with E-state index in [1.807, 2.05) is 19.1 Å². The summed E-state index contributed by atoms with van der Waals surface area (Å²) in [6.07, 6.45) is 6.70. The Morgan fingerprint density at radius 2 is 1.80 bits per heavy atom. The van der Waals surface area contributed by atoms with Crippen LogP contribution in [0.15, 0.2) is 47.6 Å². The number of imidazole rings is 1. The molecule has 0 atom stereocenters. The van der Waals surface area contributed by atoms with E-state index in [0.29, 0.717) is 37.8 Å². The van der Waals surface area contributed by atoms with Crippen LogP contribution >= 0.6 is 0 Å². The number of methoxy groups -OCH3 is 1. The highest BCUT2D eigenvalue weighted by atomic mass is 32.2. The Morgan fingerprint density at radius 1 is 1.03 bits per heavy atom. The van der Waals surface area contributed by atoms with Gasteiger partial charge in [0.25, 0.3) is 0 Å². The highest BCUT2D eigenvalue weighted by molar-refractivity contribution is 7.89. The van der Waals surface area contributed by atoms with Crippen molar-refractivity contribution in [2.24, 2.45) is 0 Å². The lowest BCUT2D eigenvalue weighted by atomic mass is 10.2. The van der Waals surface area contributed by atoms with Gasteiger partial charge in [0.1, 0.15) is 16.3 Å². The molecular formula is C22H26N4O3S. The van der Waals surface area contributed by atoms with Crippen LogP contribution in [0.4, 0.5) is 5.69 Å². The number of aromatic nitrogens is 2. The standard InChI is InChI=1S/C22H26N4O3S/c1-16-3-7-20(29-2)21(13-16)30(27,28)26-11-9-24(10-12-26)18-6-8-22-23-19(17-4-5-17)15-25(22)14-18/h3,6-8,13-15,17H,4-5,9-12H2,1-2H3. The second-order valence-corrected chi connectivity index (χ2v) is 10.0. The number of fused-ring (bicyclic) bond motifs is 1. The summed E-state index contributed by atoms with van der Waals surface area (Å²) in [6, 6.07) is 9.38. The smallest absolute Gasteiger partial charge is 0.246 e. The molecule has 0 unspecified atom stereocenters. The van der Waals surface area contributed by atoms with Gasteiger partial charge in [0.05, 0.1) is 18.5 Å². The third-order valence-electron chi connectivity index (χ3n) is 5.99. The van der Waals surface area contributed by atoms with Crippen molar-refractivity contribution in [3.05, 3.63) is 54.0 Å². The van der Waals surface area contributed by atoms with Crippen LogP contribution in [0.3, 0.4) is 0 Å². The molecule has 1 saturated heterocycles. The number of aryl methyl sites for hydroxylation is 1. The van der Waals surface area contributed by atoms with Crippen LogP contribution < -0.4 is 9.64 Å². The van der Waals surface area contributed by atoms with Crippen molar-refractivity contribution in [2.45, 2.75) is 30.6 Å². The molecule has 8 heteroatoms. The van der Waals surface area contributed by atoms with Gasteiger partial charge in [-0.1, -0.05) is 6.07 Å². The van der Waals surface area contributed by atoms with E-state index in [1.165, 1.54) is 25.6 Å². The van der Waals surface area contributed by atoms with Gasteiger partial charge in [-0.25, -0.2) is 13.4 Å². The molecule has 0 spiro atoms. The average Bonchev–Trinajstić information content (AvgIpc) is 3.52. The molecule has 0 bridgehead atoms. The summed E-state index contributed by atoms with van der Waals surface area (Å²) < 4.78 is 35.4. The SMILES string of the molecule is COc1ccc(C)cc1S(=O)(=O)N1CCN(c2ccc3nc(C4CC4)cn3c2)CC1. The zero-order valence-electron chi connectivity index (χ0n) is 17.3. The van der Waals surface area contributed by atoms with Gasteiger partial charge in [-0.2, -0.15) is 4.31 Å². The maximum absolute atomic E-state index is 13.2. The van der Waals surface area contributed by atoms with Crippen LogP contribution in [0.5, 0.6) is 5.75 Å². The summed E-state index contributed by atoms with van der Waals surface area (Å²) >= 11 is 0. The Bertz CT molecular complexity index is 1190. The zero-order chi connectivity index (χ0) is 20.9. The summed E-state index contributed by atoms with van der Waals surface area (Å²) in [5.41, 5.74) is 4.13. The number of pyridine rings is 1. The quantitative estimate of drug-likeness (QED) is 0.627. The van der Waals surface area contributed by atoms with Crippen molar-refractivity contribution in [3.8, 4) is 5.75 Å². The summed E-state index contributed by atoms with van der Waals surface area (Å²) in [5, 5.41) is 0. The number of hydrogen-bond donors (Lipinski definition) is 0. The Labute approximate surface area is 176 Å². The fourth-order valence-electron chi connectivity index (χ4n) is 4.07. The number of piperazine rings is 1. The van der Waals surface area contributed by atoms with Crippen molar-refractivity contribution in [1.82, 2.24) is 13.7 Å². The molecule has 5 rings (SSSR count). The van der Waals surface area contributed by atoms with Crippen LogP contribution in [0.2, 0.25) is 0 Å². The molecule has 7 nitrogen and oxygen atoms in total. The molecule has 158 valence electrons. The van der Waals surface area contributed by atoms with E-state index >= 15 is 0 Å². The van der Waals surface area contributed by atoms with E-state index in [-0.39, 0.29) is 4.90 Å². The zero-order valence-corrected chi connectivity index (χ0v) is 18.1. The van der Waals surface area contributed by atoms with Crippen molar-refractivity contribution in [1.29, 1.82) is 0 Å². The first-order valence-corrected chi connectivity index (χ1v) is 11.8. The fourth-order valence-corrected chi connectivity index (χ4v) is 5.74. The van der Waals surface area contributed by atoms with Gasteiger partial charge in [0.15, 0.2) is 0 Å². The monoisotopic (exact) mass is 426 g/mol. The van der Waals surface area contributed by atoms with Gasteiger partial charge in [0, 0.05) is 44.5 Å². The van der Waals surface area contributed by atoms with Crippen molar-refractivity contribution in [2.75, 3.05) is 38.2 Å². The molecule has 0 amide bonds. The van der Waals surface area contributed by atoms with Gasteiger partial charge in [-0.15, -0.1) is 0 Å². The summed E-state index contributed by atoms with van der Waals surface area (Å²) in [6.45, 7) is 4.05. The lowest BCUT2D eigenvalue weighted by molar-refractivity contribution is 0.374. The number of nitrogens with zero attached hydrogens (tertiary/aromatic N) is 4. The molecule has 0 radical (unpaired) electrons. The topological polar surface area (TPSA) is 67.2 Å². The van der Waals surface area contributed by atoms with Gasteiger partial charge in [0.2, 0.25) is 10.0 Å². The lowest BCUT2D eigenvalue weighted by Crippen LogP contribution is -2.48. The highest BCUT2D eigenvalue weighted by Gasteiger charge is 2.31. The molecule has 3 heterocycles. The average molecular weight is 427 g/mol. The number of sulfonamides is 1. The third-order valence-corrected chi connectivity index (χ3v) is 7.91. The minimum atomic E-state index is -3.60. The van der Waals surface area contributed by atoms with Gasteiger partial charge < -0.3 is 14.0 Å². The molecular weight excluding hydrogens is 400 g/mol. The van der Waals surface area contributed by atoms with E-state index < -0.39 is 10.0 Å². The van der Waals surface area contributed by atoms with E-state index in [9.17, 15) is 8.42 Å². The number of benzene rings is 1. The first-order valence-electron chi connectivity index (χ1n) is 10.3. The minimum Gasteiger partial charge on any atom is -0.495 e. The number of anilines is 1. The van der Waals surface area contributed by atoms with Crippen molar-refractivity contribution in [3.63, 3.8) is 0 Å².